The summed E-state index contributed by atoms with van der Waals surface area (Å²) in [5.74, 6) is 0.286. The molecule has 5 nitrogen and oxygen atoms in total. The summed E-state index contributed by atoms with van der Waals surface area (Å²) in [6.07, 6.45) is 0. The van der Waals surface area contributed by atoms with Gasteiger partial charge in [-0.15, -0.1) is 0 Å². The van der Waals surface area contributed by atoms with Crippen LogP contribution in [0.25, 0.3) is 22.6 Å². The van der Waals surface area contributed by atoms with Gasteiger partial charge in [0.05, 0.1) is 0 Å². The second-order valence-corrected chi connectivity index (χ2v) is 7.76. The first-order chi connectivity index (χ1) is 14.0. The smallest absolute Gasteiger partial charge is 0.257 e. The Morgan fingerprint density at radius 3 is 2.69 bits per heavy atom. The van der Waals surface area contributed by atoms with Gasteiger partial charge in [0.2, 0.25) is 5.89 Å². The average Bonchev–Trinajstić information content (AvgIpc) is 3.11. The van der Waals surface area contributed by atoms with Gasteiger partial charge in [-0.25, -0.2) is 4.98 Å². The Balaban J connectivity index is 1.50. The van der Waals surface area contributed by atoms with Crippen LogP contribution in [0.15, 0.2) is 75.6 Å². The van der Waals surface area contributed by atoms with E-state index in [-0.39, 0.29) is 11.0 Å². The lowest BCUT2D eigenvalue weighted by Crippen LogP contribution is -2.34. The molecule has 144 valence electrons. The van der Waals surface area contributed by atoms with Crippen molar-refractivity contribution in [3.05, 3.63) is 82.3 Å². The second-order valence-electron chi connectivity index (χ2n) is 6.44. The van der Waals surface area contributed by atoms with Gasteiger partial charge in [0.1, 0.15) is 5.52 Å². The molecule has 0 radical (unpaired) electrons. The molecule has 0 fully saturated rings. The molecule has 0 aliphatic carbocycles. The number of nitrogens with one attached hydrogen (secondary N) is 2. The fourth-order valence-corrected chi connectivity index (χ4v) is 3.52. The highest BCUT2D eigenvalue weighted by atomic mass is 79.9. The van der Waals surface area contributed by atoms with Crippen molar-refractivity contribution in [2.24, 2.45) is 0 Å². The molecule has 4 rings (SSSR count). The monoisotopic (exact) mass is 465 g/mol. The number of rotatable bonds is 3. The van der Waals surface area contributed by atoms with Crippen LogP contribution in [-0.4, -0.2) is 16.0 Å². The molecule has 1 amide bonds. The van der Waals surface area contributed by atoms with Gasteiger partial charge < -0.3 is 9.73 Å². The van der Waals surface area contributed by atoms with Crippen molar-refractivity contribution in [3.63, 3.8) is 0 Å². The first-order valence-electron chi connectivity index (χ1n) is 8.84. The largest absolute Gasteiger partial charge is 0.436 e. The number of aromatic nitrogens is 1. The number of halogens is 1. The molecular formula is C22H16BrN3O2S. The fraction of sp³-hybridized carbons (Fsp3) is 0.0455. The van der Waals surface area contributed by atoms with E-state index in [1.54, 1.807) is 6.07 Å². The SMILES string of the molecule is Cc1ccccc1C(=O)NC(=S)Nc1ccc2oc(-c3cccc(Br)c3)nc2c1. The molecule has 29 heavy (non-hydrogen) atoms. The van der Waals surface area contributed by atoms with Gasteiger partial charge >= 0.3 is 0 Å². The zero-order valence-corrected chi connectivity index (χ0v) is 17.8. The van der Waals surface area contributed by atoms with E-state index in [1.807, 2.05) is 67.6 Å². The maximum absolute atomic E-state index is 12.4. The summed E-state index contributed by atoms with van der Waals surface area (Å²) >= 11 is 8.74. The van der Waals surface area contributed by atoms with E-state index in [2.05, 4.69) is 31.5 Å². The van der Waals surface area contributed by atoms with Gasteiger partial charge in [0.25, 0.3) is 5.91 Å². The first-order valence-corrected chi connectivity index (χ1v) is 10.0. The molecule has 0 aliphatic heterocycles. The molecule has 0 spiro atoms. The quantitative estimate of drug-likeness (QED) is 0.380. The predicted octanol–water partition coefficient (Wildman–Crippen LogP) is 5.69. The standard InChI is InChI=1S/C22H16BrN3O2S/c1-13-5-2-3-8-17(13)20(27)26-22(29)24-16-9-10-19-18(12-16)25-21(28-19)14-6-4-7-15(23)11-14/h2-12H,1H3,(H2,24,26,27,29). The van der Waals surface area contributed by atoms with E-state index in [0.717, 1.165) is 15.6 Å². The van der Waals surface area contributed by atoms with Crippen molar-refractivity contribution >= 4 is 56.0 Å². The summed E-state index contributed by atoms with van der Waals surface area (Å²) in [6, 6.07) is 20.6. The Morgan fingerprint density at radius 1 is 1.07 bits per heavy atom. The summed E-state index contributed by atoms with van der Waals surface area (Å²) in [4.78, 5) is 17.0. The number of aryl methyl sites for hydroxylation is 1. The number of amides is 1. The molecule has 4 aromatic rings. The Kier molecular flexibility index (Phi) is 5.42. The van der Waals surface area contributed by atoms with Crippen molar-refractivity contribution in [3.8, 4) is 11.5 Å². The van der Waals surface area contributed by atoms with Crippen LogP contribution in [0.4, 0.5) is 5.69 Å². The Bertz CT molecular complexity index is 1240. The lowest BCUT2D eigenvalue weighted by atomic mass is 10.1. The van der Waals surface area contributed by atoms with E-state index < -0.39 is 0 Å². The van der Waals surface area contributed by atoms with Crippen molar-refractivity contribution in [2.45, 2.75) is 6.92 Å². The molecule has 0 saturated heterocycles. The first kappa shape index (κ1) is 19.3. The van der Waals surface area contributed by atoms with Crippen molar-refractivity contribution in [1.29, 1.82) is 0 Å². The molecule has 7 heteroatoms. The molecule has 0 bridgehead atoms. The number of nitrogens with zero attached hydrogens (tertiary/aromatic N) is 1. The van der Waals surface area contributed by atoms with Gasteiger partial charge in [-0.1, -0.05) is 40.2 Å². The Labute approximate surface area is 181 Å². The maximum Gasteiger partial charge on any atom is 0.257 e. The number of anilines is 1. The normalized spacial score (nSPS) is 10.7. The molecule has 1 heterocycles. The van der Waals surface area contributed by atoms with Crippen molar-refractivity contribution in [2.75, 3.05) is 5.32 Å². The van der Waals surface area contributed by atoms with Gasteiger partial charge in [-0.2, -0.15) is 0 Å². The Morgan fingerprint density at radius 2 is 1.90 bits per heavy atom. The molecule has 0 aliphatic rings. The minimum atomic E-state index is -0.250. The summed E-state index contributed by atoms with van der Waals surface area (Å²) in [7, 11) is 0. The highest BCUT2D eigenvalue weighted by Gasteiger charge is 2.12. The zero-order valence-electron chi connectivity index (χ0n) is 15.4. The molecular weight excluding hydrogens is 450 g/mol. The summed E-state index contributed by atoms with van der Waals surface area (Å²) in [6.45, 7) is 1.88. The van der Waals surface area contributed by atoms with Crippen LogP contribution in [0.3, 0.4) is 0 Å². The van der Waals surface area contributed by atoms with Gasteiger partial charge in [-0.05, 0) is 67.2 Å². The van der Waals surface area contributed by atoms with Crippen molar-refractivity contribution < 1.29 is 9.21 Å². The molecule has 0 atom stereocenters. The van der Waals surface area contributed by atoms with Crippen LogP contribution < -0.4 is 10.6 Å². The maximum atomic E-state index is 12.4. The number of hydrogen-bond donors (Lipinski definition) is 2. The third kappa shape index (κ3) is 4.36. The van der Waals surface area contributed by atoms with Gasteiger partial charge in [-0.3, -0.25) is 10.1 Å². The number of carbonyl (C=O) groups excluding carboxylic acids is 1. The van der Waals surface area contributed by atoms with Gasteiger partial charge in [0.15, 0.2) is 10.7 Å². The molecule has 2 N–H and O–H groups in total. The third-order valence-corrected chi connectivity index (χ3v) is 5.03. The summed E-state index contributed by atoms with van der Waals surface area (Å²) < 4.78 is 6.80. The van der Waals surface area contributed by atoms with E-state index >= 15 is 0 Å². The highest BCUT2D eigenvalue weighted by molar-refractivity contribution is 9.10. The number of fused-ring (bicyclic) bond motifs is 1. The van der Waals surface area contributed by atoms with Crippen LogP contribution in [0, 0.1) is 6.92 Å². The highest BCUT2D eigenvalue weighted by Crippen LogP contribution is 2.27. The lowest BCUT2D eigenvalue weighted by molar-refractivity contribution is 0.0977. The third-order valence-electron chi connectivity index (χ3n) is 4.33. The minimum Gasteiger partial charge on any atom is -0.436 e. The number of oxazole rings is 1. The Hall–Kier alpha value is -3.03. The molecule has 3 aromatic carbocycles. The number of carbonyl (C=O) groups is 1. The topological polar surface area (TPSA) is 67.2 Å². The van der Waals surface area contributed by atoms with E-state index in [1.165, 1.54) is 0 Å². The number of thiocarbonyl (C=S) groups is 1. The number of hydrogen-bond acceptors (Lipinski definition) is 4. The zero-order chi connectivity index (χ0) is 20.4. The summed E-state index contributed by atoms with van der Waals surface area (Å²) in [5.41, 5.74) is 4.42. The van der Waals surface area contributed by atoms with E-state index in [0.29, 0.717) is 28.2 Å². The van der Waals surface area contributed by atoms with Crippen LogP contribution in [0.5, 0.6) is 0 Å². The second kappa shape index (κ2) is 8.14. The van der Waals surface area contributed by atoms with Crippen LogP contribution >= 0.6 is 28.1 Å². The van der Waals surface area contributed by atoms with Crippen molar-refractivity contribution in [1.82, 2.24) is 10.3 Å². The van der Waals surface area contributed by atoms with Gasteiger partial charge in [0, 0.05) is 21.3 Å². The van der Waals surface area contributed by atoms with E-state index in [4.69, 9.17) is 16.6 Å². The van der Waals surface area contributed by atoms with E-state index in [9.17, 15) is 4.79 Å². The number of benzene rings is 3. The van der Waals surface area contributed by atoms with Crippen LogP contribution in [0.1, 0.15) is 15.9 Å². The molecule has 0 saturated carbocycles. The predicted molar refractivity (Wildman–Crippen MR) is 122 cm³/mol. The minimum absolute atomic E-state index is 0.216. The lowest BCUT2D eigenvalue weighted by Gasteiger charge is -2.10. The summed E-state index contributed by atoms with van der Waals surface area (Å²) in [5, 5.41) is 5.94. The average molecular weight is 466 g/mol. The van der Waals surface area contributed by atoms with Crippen LogP contribution in [0.2, 0.25) is 0 Å². The molecule has 1 aromatic heterocycles. The molecule has 0 unspecified atom stereocenters. The fourth-order valence-electron chi connectivity index (χ4n) is 2.91. The van der Waals surface area contributed by atoms with Crippen LogP contribution in [-0.2, 0) is 0 Å².